The lowest BCUT2D eigenvalue weighted by molar-refractivity contribution is -0.118. The van der Waals surface area contributed by atoms with Crippen molar-refractivity contribution >= 4 is 33.2 Å². The summed E-state index contributed by atoms with van der Waals surface area (Å²) in [7, 11) is 0. The second-order valence-electron chi connectivity index (χ2n) is 5.32. The largest absolute Gasteiger partial charge is 0.368 e. The topological polar surface area (TPSA) is 113 Å². The molecule has 1 saturated carbocycles. The molecule has 1 aliphatic rings. The Labute approximate surface area is 142 Å². The van der Waals surface area contributed by atoms with Gasteiger partial charge in [-0.2, -0.15) is 4.98 Å². The molecule has 0 unspecified atom stereocenters. The Morgan fingerprint density at radius 3 is 3.09 bits per heavy atom. The fourth-order valence-electron chi connectivity index (χ4n) is 2.46. The van der Waals surface area contributed by atoms with Crippen molar-refractivity contribution in [3.05, 3.63) is 33.0 Å². The van der Waals surface area contributed by atoms with Gasteiger partial charge in [-0.25, -0.2) is 9.67 Å². The van der Waals surface area contributed by atoms with Crippen molar-refractivity contribution in [1.29, 1.82) is 0 Å². The van der Waals surface area contributed by atoms with Crippen LogP contribution in [0, 0.1) is 0 Å². The maximum absolute atomic E-state index is 10.9. The zero-order valence-electron chi connectivity index (χ0n) is 11.7. The smallest absolute Gasteiger partial charge is 0.242 e. The highest BCUT2D eigenvalue weighted by Crippen LogP contribution is 2.55. The van der Waals surface area contributed by atoms with E-state index in [1.807, 2.05) is 0 Å². The molecule has 0 bridgehead atoms. The van der Waals surface area contributed by atoms with Crippen molar-refractivity contribution in [1.82, 2.24) is 24.9 Å². The summed E-state index contributed by atoms with van der Waals surface area (Å²) in [6.45, 7) is -0.0323. The molecule has 118 valence electrons. The molecular weight excluding hydrogens is 384 g/mol. The number of halogens is 1. The van der Waals surface area contributed by atoms with Crippen molar-refractivity contribution < 1.29 is 9.32 Å². The van der Waals surface area contributed by atoms with Crippen LogP contribution in [0.25, 0.3) is 11.6 Å². The highest BCUT2D eigenvalue weighted by atomic mass is 79.9. The number of rotatable bonds is 5. The van der Waals surface area contributed by atoms with Gasteiger partial charge in [0.2, 0.25) is 23.4 Å². The average molecular weight is 395 g/mol. The summed E-state index contributed by atoms with van der Waals surface area (Å²) in [5.41, 5.74) is 6.40. The van der Waals surface area contributed by atoms with Crippen LogP contribution in [-0.2, 0) is 11.3 Å². The molecule has 8 nitrogen and oxygen atoms in total. The van der Waals surface area contributed by atoms with Gasteiger partial charge in [0.05, 0.1) is 3.79 Å². The predicted octanol–water partition coefficient (Wildman–Crippen LogP) is 1.91. The molecule has 1 aliphatic carbocycles. The Hall–Kier alpha value is -2.07. The van der Waals surface area contributed by atoms with Crippen LogP contribution in [0.4, 0.5) is 0 Å². The fourth-order valence-corrected chi connectivity index (χ4v) is 3.70. The van der Waals surface area contributed by atoms with Crippen LogP contribution in [0.5, 0.6) is 0 Å². The molecule has 2 N–H and O–H groups in total. The second-order valence-corrected chi connectivity index (χ2v) is 7.61. The zero-order chi connectivity index (χ0) is 16.0. The van der Waals surface area contributed by atoms with E-state index in [-0.39, 0.29) is 12.5 Å². The van der Waals surface area contributed by atoms with Crippen LogP contribution in [0.1, 0.15) is 29.7 Å². The molecule has 0 aromatic carbocycles. The number of carbonyl (C=O) groups excluding carboxylic acids is 1. The summed E-state index contributed by atoms with van der Waals surface area (Å²) in [6.07, 6.45) is 2.41. The molecule has 23 heavy (non-hydrogen) atoms. The molecule has 10 heteroatoms. The Kier molecular flexibility index (Phi) is 3.49. The van der Waals surface area contributed by atoms with Gasteiger partial charge in [0, 0.05) is 5.92 Å². The number of primary amides is 1. The monoisotopic (exact) mass is 394 g/mol. The van der Waals surface area contributed by atoms with E-state index in [9.17, 15) is 4.79 Å². The first kappa shape index (κ1) is 14.5. The summed E-state index contributed by atoms with van der Waals surface area (Å²) >= 11 is 5.14. The third-order valence-corrected chi connectivity index (χ3v) is 5.14. The van der Waals surface area contributed by atoms with E-state index in [1.54, 1.807) is 11.3 Å². The van der Waals surface area contributed by atoms with E-state index >= 15 is 0 Å². The molecule has 4 rings (SSSR count). The van der Waals surface area contributed by atoms with Gasteiger partial charge in [-0.15, -0.1) is 16.4 Å². The molecule has 3 heterocycles. The van der Waals surface area contributed by atoms with Gasteiger partial charge in [0.25, 0.3) is 0 Å². The van der Waals surface area contributed by atoms with E-state index in [1.165, 1.54) is 16.6 Å². The van der Waals surface area contributed by atoms with Gasteiger partial charge < -0.3 is 10.3 Å². The number of thiophene rings is 1. The van der Waals surface area contributed by atoms with Gasteiger partial charge in [0.15, 0.2) is 0 Å². The number of nitrogens with two attached hydrogens (primary N) is 1. The van der Waals surface area contributed by atoms with E-state index < -0.39 is 5.91 Å². The Balaban J connectivity index is 1.49. The highest BCUT2D eigenvalue weighted by Gasteiger charge is 2.44. The normalized spacial score (nSPS) is 19.9. The quantitative estimate of drug-likeness (QED) is 0.706. The maximum atomic E-state index is 10.9. The van der Waals surface area contributed by atoms with Crippen molar-refractivity contribution in [2.75, 3.05) is 0 Å². The number of amides is 1. The van der Waals surface area contributed by atoms with Gasteiger partial charge in [-0.3, -0.25) is 4.79 Å². The first-order valence-electron chi connectivity index (χ1n) is 6.86. The Morgan fingerprint density at radius 1 is 1.48 bits per heavy atom. The first-order chi connectivity index (χ1) is 11.1. The molecular formula is C13H11BrN6O2S. The van der Waals surface area contributed by atoms with Crippen LogP contribution in [-0.4, -0.2) is 30.8 Å². The summed E-state index contributed by atoms with van der Waals surface area (Å²) in [6, 6.07) is 2.12. The van der Waals surface area contributed by atoms with Crippen molar-refractivity contribution in [3.63, 3.8) is 0 Å². The molecule has 0 spiro atoms. The molecule has 1 fully saturated rings. The molecule has 0 saturated heterocycles. The lowest BCUT2D eigenvalue weighted by atomic mass is 10.2. The third-order valence-electron chi connectivity index (χ3n) is 3.62. The highest BCUT2D eigenvalue weighted by molar-refractivity contribution is 9.11. The van der Waals surface area contributed by atoms with Crippen molar-refractivity contribution in [2.45, 2.75) is 24.8 Å². The minimum atomic E-state index is -0.488. The fraction of sp³-hybridized carbons (Fsp3) is 0.308. The van der Waals surface area contributed by atoms with Crippen LogP contribution < -0.4 is 5.73 Å². The average Bonchev–Trinajstić information content (AvgIpc) is 2.90. The molecule has 1 amide bonds. The van der Waals surface area contributed by atoms with Crippen LogP contribution in [0.3, 0.4) is 0 Å². The molecule has 3 aromatic heterocycles. The maximum Gasteiger partial charge on any atom is 0.242 e. The van der Waals surface area contributed by atoms with Gasteiger partial charge in [-0.05, 0) is 45.3 Å². The summed E-state index contributed by atoms with van der Waals surface area (Å²) in [5.74, 6) is 1.41. The molecule has 0 radical (unpaired) electrons. The summed E-state index contributed by atoms with van der Waals surface area (Å²) in [4.78, 5) is 19.3. The number of hydrogen-bond acceptors (Lipinski definition) is 7. The van der Waals surface area contributed by atoms with E-state index in [0.29, 0.717) is 23.5 Å². The first-order valence-corrected chi connectivity index (χ1v) is 8.53. The van der Waals surface area contributed by atoms with E-state index in [0.717, 1.165) is 10.2 Å². The van der Waals surface area contributed by atoms with Crippen molar-refractivity contribution in [3.8, 4) is 11.6 Å². The number of nitrogens with zero attached hydrogens (tertiary/aromatic N) is 5. The van der Waals surface area contributed by atoms with Gasteiger partial charge in [-0.1, -0.05) is 5.16 Å². The van der Waals surface area contributed by atoms with Crippen molar-refractivity contribution in [2.24, 2.45) is 5.73 Å². The van der Waals surface area contributed by atoms with Crippen LogP contribution in [0.15, 0.2) is 26.1 Å². The third kappa shape index (κ3) is 2.91. The predicted molar refractivity (Wildman–Crippen MR) is 84.6 cm³/mol. The zero-order valence-corrected chi connectivity index (χ0v) is 14.1. The minimum Gasteiger partial charge on any atom is -0.368 e. The number of hydrogen-bond donors (Lipinski definition) is 1. The SMILES string of the molecule is NC(=O)Cn1cnc(-c2noc([C@@H]3C[C@H]3c3csc(Br)c3)n2)n1. The molecule has 2 atom stereocenters. The Morgan fingerprint density at radius 2 is 2.35 bits per heavy atom. The number of aromatic nitrogens is 5. The second kappa shape index (κ2) is 5.53. The summed E-state index contributed by atoms with van der Waals surface area (Å²) < 4.78 is 7.80. The van der Waals surface area contributed by atoms with Gasteiger partial charge in [0.1, 0.15) is 12.9 Å². The van der Waals surface area contributed by atoms with Crippen LogP contribution >= 0.6 is 27.3 Å². The lowest BCUT2D eigenvalue weighted by Crippen LogP contribution is -2.18. The summed E-state index contributed by atoms with van der Waals surface area (Å²) in [5, 5.41) is 10.2. The van der Waals surface area contributed by atoms with Crippen LogP contribution in [0.2, 0.25) is 0 Å². The van der Waals surface area contributed by atoms with E-state index in [2.05, 4.69) is 47.6 Å². The van der Waals surface area contributed by atoms with E-state index in [4.69, 9.17) is 10.3 Å². The molecule has 3 aromatic rings. The van der Waals surface area contributed by atoms with Gasteiger partial charge >= 0.3 is 0 Å². The molecule has 0 aliphatic heterocycles. The Bertz CT molecular complexity index is 871. The standard InChI is InChI=1S/C13H11BrN6O2S/c14-9-1-6(4-23-9)7-2-8(7)13-17-12(19-22-13)11-16-5-20(18-11)3-10(15)21/h1,4-5,7-8H,2-3H2,(H2,15,21)/t7-,8+/m0/s1. The lowest BCUT2D eigenvalue weighted by Gasteiger charge is -1.92. The minimum absolute atomic E-state index is 0.0323. The number of carbonyl (C=O) groups is 1.